The van der Waals surface area contributed by atoms with Crippen LogP contribution in [-0.2, 0) is 0 Å². The lowest BCUT2D eigenvalue weighted by Gasteiger charge is -2.24. The summed E-state index contributed by atoms with van der Waals surface area (Å²) in [5.74, 6) is 1.57. The highest BCUT2D eigenvalue weighted by Crippen LogP contribution is 2.26. The van der Waals surface area contributed by atoms with Crippen LogP contribution < -0.4 is 4.74 Å². The van der Waals surface area contributed by atoms with Crippen molar-refractivity contribution in [2.24, 2.45) is 5.92 Å². The maximum absolute atomic E-state index is 5.56. The summed E-state index contributed by atoms with van der Waals surface area (Å²) in [5, 5.41) is 4.27. The minimum Gasteiger partial charge on any atom is -0.476 e. The minimum atomic E-state index is 0.690. The number of rotatable bonds is 4. The maximum atomic E-state index is 5.56. The molecule has 0 bridgehead atoms. The molecular formula is C9H15N2OP. The van der Waals surface area contributed by atoms with Crippen molar-refractivity contribution < 1.29 is 4.74 Å². The molecule has 1 fully saturated rings. The van der Waals surface area contributed by atoms with Crippen LogP contribution >= 0.6 is 8.73 Å². The van der Waals surface area contributed by atoms with Crippen LogP contribution in [0.15, 0.2) is 12.3 Å². The monoisotopic (exact) mass is 198 g/mol. The molecule has 3 nitrogen and oxygen atoms in total. The zero-order valence-corrected chi connectivity index (χ0v) is 8.86. The van der Waals surface area contributed by atoms with Crippen LogP contribution in [0.2, 0.25) is 0 Å². The molecule has 4 heteroatoms. The summed E-state index contributed by atoms with van der Waals surface area (Å²) < 4.78 is 7.48. The number of ether oxygens (including phenoxy) is 1. The Morgan fingerprint density at radius 3 is 3.08 bits per heavy atom. The average molecular weight is 198 g/mol. The van der Waals surface area contributed by atoms with Gasteiger partial charge in [-0.25, -0.2) is 0 Å². The maximum Gasteiger partial charge on any atom is 0.233 e. The first-order chi connectivity index (χ1) is 6.38. The fourth-order valence-corrected chi connectivity index (χ4v) is 1.79. The van der Waals surface area contributed by atoms with E-state index in [0.29, 0.717) is 8.73 Å². The van der Waals surface area contributed by atoms with E-state index in [1.54, 1.807) is 0 Å². The van der Waals surface area contributed by atoms with Crippen LogP contribution in [0.5, 0.6) is 5.88 Å². The van der Waals surface area contributed by atoms with E-state index < -0.39 is 0 Å². The Morgan fingerprint density at radius 2 is 2.54 bits per heavy atom. The van der Waals surface area contributed by atoms with Gasteiger partial charge in [0.1, 0.15) is 0 Å². The van der Waals surface area contributed by atoms with Crippen LogP contribution in [0.3, 0.4) is 0 Å². The molecule has 0 saturated heterocycles. The van der Waals surface area contributed by atoms with E-state index in [9.17, 15) is 0 Å². The predicted octanol–water partition coefficient (Wildman–Crippen LogP) is 2.13. The lowest BCUT2D eigenvalue weighted by atomic mass is 9.86. The first-order valence-corrected chi connectivity index (χ1v) is 6.19. The summed E-state index contributed by atoms with van der Waals surface area (Å²) >= 11 is 0. The first kappa shape index (κ1) is 9.01. The average Bonchev–Trinajstić information content (AvgIpc) is 2.49. The van der Waals surface area contributed by atoms with E-state index in [2.05, 4.69) is 11.8 Å². The zero-order chi connectivity index (χ0) is 9.10. The Kier molecular flexibility index (Phi) is 2.84. The minimum absolute atomic E-state index is 0.690. The normalized spacial score (nSPS) is 17.9. The summed E-state index contributed by atoms with van der Waals surface area (Å²) in [5.41, 5.74) is 0. The van der Waals surface area contributed by atoms with Crippen LogP contribution in [0, 0.1) is 5.92 Å². The molecule has 0 amide bonds. The lowest BCUT2D eigenvalue weighted by molar-refractivity contribution is 0.175. The van der Waals surface area contributed by atoms with Gasteiger partial charge in [-0.05, 0) is 34.2 Å². The summed E-state index contributed by atoms with van der Waals surface area (Å²) in [4.78, 5) is 0. The standard InChI is InChI=1S/C9H15N2OP/c1-13-11-6-5-9(10-11)12-7-8-3-2-4-8/h5-6,8,13H,2-4,7H2,1H3. The van der Waals surface area contributed by atoms with Crippen LogP contribution in [-0.4, -0.2) is 22.8 Å². The van der Waals surface area contributed by atoms with Gasteiger partial charge >= 0.3 is 0 Å². The van der Waals surface area contributed by atoms with Crippen LogP contribution in [0.4, 0.5) is 0 Å². The Morgan fingerprint density at radius 1 is 1.69 bits per heavy atom. The quantitative estimate of drug-likeness (QED) is 0.693. The van der Waals surface area contributed by atoms with Crippen LogP contribution in [0.25, 0.3) is 0 Å². The number of nitrogens with zero attached hydrogens (tertiary/aromatic N) is 2. The van der Waals surface area contributed by atoms with Gasteiger partial charge in [0.15, 0.2) is 0 Å². The van der Waals surface area contributed by atoms with Gasteiger partial charge in [0, 0.05) is 12.3 Å². The molecule has 1 heterocycles. The topological polar surface area (TPSA) is 27.1 Å². The van der Waals surface area contributed by atoms with Crippen molar-refractivity contribution in [2.45, 2.75) is 19.3 Å². The van der Waals surface area contributed by atoms with E-state index in [1.165, 1.54) is 19.3 Å². The van der Waals surface area contributed by atoms with Crippen molar-refractivity contribution in [3.63, 3.8) is 0 Å². The van der Waals surface area contributed by atoms with Gasteiger partial charge in [0.05, 0.1) is 6.61 Å². The molecule has 0 aromatic carbocycles. The van der Waals surface area contributed by atoms with Gasteiger partial charge < -0.3 is 4.74 Å². The summed E-state index contributed by atoms with van der Waals surface area (Å²) in [6, 6.07) is 1.94. The predicted molar refractivity (Wildman–Crippen MR) is 54.7 cm³/mol. The molecule has 0 radical (unpaired) electrons. The van der Waals surface area contributed by atoms with E-state index >= 15 is 0 Å². The van der Waals surface area contributed by atoms with Crippen molar-refractivity contribution >= 4 is 8.73 Å². The van der Waals surface area contributed by atoms with Gasteiger partial charge in [-0.3, -0.25) is 4.45 Å². The molecule has 1 aromatic rings. The Bertz CT molecular complexity index is 270. The highest BCUT2D eigenvalue weighted by molar-refractivity contribution is 7.35. The van der Waals surface area contributed by atoms with Crippen molar-refractivity contribution in [1.82, 2.24) is 9.55 Å². The van der Waals surface area contributed by atoms with Crippen LogP contribution in [0.1, 0.15) is 19.3 Å². The van der Waals surface area contributed by atoms with Gasteiger partial charge in [0.2, 0.25) is 5.88 Å². The van der Waals surface area contributed by atoms with E-state index in [4.69, 9.17) is 4.74 Å². The highest BCUT2D eigenvalue weighted by Gasteiger charge is 2.18. The molecule has 1 aliphatic carbocycles. The highest BCUT2D eigenvalue weighted by atomic mass is 31.1. The third kappa shape index (κ3) is 2.22. The summed E-state index contributed by atoms with van der Waals surface area (Å²) in [7, 11) is 0.690. The fourth-order valence-electron chi connectivity index (χ4n) is 1.37. The molecule has 0 N–H and O–H groups in total. The number of hydrogen-bond donors (Lipinski definition) is 0. The molecule has 1 saturated carbocycles. The van der Waals surface area contributed by atoms with E-state index in [1.807, 2.05) is 16.7 Å². The lowest BCUT2D eigenvalue weighted by Crippen LogP contribution is -2.19. The zero-order valence-electron chi connectivity index (χ0n) is 7.86. The summed E-state index contributed by atoms with van der Waals surface area (Å²) in [6.07, 6.45) is 6.00. The molecule has 2 rings (SSSR count). The third-order valence-corrected chi connectivity index (χ3v) is 3.19. The van der Waals surface area contributed by atoms with Crippen molar-refractivity contribution in [1.29, 1.82) is 0 Å². The number of hydrogen-bond acceptors (Lipinski definition) is 2. The molecule has 1 atom stereocenters. The molecular weight excluding hydrogens is 183 g/mol. The van der Waals surface area contributed by atoms with E-state index in [-0.39, 0.29) is 0 Å². The summed E-state index contributed by atoms with van der Waals surface area (Å²) in [6.45, 7) is 2.95. The third-order valence-electron chi connectivity index (χ3n) is 2.49. The number of aromatic nitrogens is 2. The molecule has 1 aromatic heterocycles. The Hall–Kier alpha value is -0.560. The van der Waals surface area contributed by atoms with Crippen molar-refractivity contribution in [2.75, 3.05) is 13.3 Å². The second-order valence-electron chi connectivity index (χ2n) is 3.43. The Labute approximate surface area is 80.3 Å². The largest absolute Gasteiger partial charge is 0.476 e. The fraction of sp³-hybridized carbons (Fsp3) is 0.667. The smallest absolute Gasteiger partial charge is 0.233 e. The van der Waals surface area contributed by atoms with Gasteiger partial charge in [-0.15, -0.1) is 5.10 Å². The molecule has 0 spiro atoms. The van der Waals surface area contributed by atoms with E-state index in [0.717, 1.165) is 18.4 Å². The molecule has 1 unspecified atom stereocenters. The molecule has 72 valence electrons. The first-order valence-electron chi connectivity index (χ1n) is 4.74. The second kappa shape index (κ2) is 4.10. The SMILES string of the molecule is CPn1ccc(OCC2CCC2)n1. The van der Waals surface area contributed by atoms with Gasteiger partial charge in [0.25, 0.3) is 0 Å². The Balaban J connectivity index is 1.79. The van der Waals surface area contributed by atoms with Gasteiger partial charge in [-0.1, -0.05) is 6.42 Å². The molecule has 0 aliphatic heterocycles. The van der Waals surface area contributed by atoms with Crippen molar-refractivity contribution in [3.05, 3.63) is 12.3 Å². The van der Waals surface area contributed by atoms with Gasteiger partial charge in [-0.2, -0.15) is 0 Å². The molecule has 1 aliphatic rings. The molecule has 13 heavy (non-hydrogen) atoms. The second-order valence-corrected chi connectivity index (χ2v) is 4.34. The van der Waals surface area contributed by atoms with Crippen molar-refractivity contribution in [3.8, 4) is 5.88 Å².